The lowest BCUT2D eigenvalue weighted by molar-refractivity contribution is -0.139. The second-order valence-corrected chi connectivity index (χ2v) is 4.94. The van der Waals surface area contributed by atoms with Crippen LogP contribution < -0.4 is 0 Å². The number of nitrogens with zero attached hydrogens (tertiary/aromatic N) is 1. The largest absolute Gasteiger partial charge is 0.480 e. The quantitative estimate of drug-likeness (QED) is 0.720. The lowest BCUT2D eigenvalue weighted by Gasteiger charge is -2.37. The summed E-state index contributed by atoms with van der Waals surface area (Å²) < 4.78 is 5.70. The predicted molar refractivity (Wildman–Crippen MR) is 67.0 cm³/mol. The molecule has 0 spiro atoms. The van der Waals surface area contributed by atoms with Crippen LogP contribution in [0.3, 0.4) is 0 Å². The second kappa shape index (κ2) is 6.77. The Balaban J connectivity index is 2.59. The summed E-state index contributed by atoms with van der Waals surface area (Å²) in [6, 6.07) is 0.297. The fourth-order valence-corrected chi connectivity index (χ4v) is 2.29. The van der Waals surface area contributed by atoms with Crippen molar-refractivity contribution < 1.29 is 14.6 Å². The van der Waals surface area contributed by atoms with Crippen LogP contribution in [-0.2, 0) is 9.53 Å². The molecule has 0 aromatic carbocycles. The van der Waals surface area contributed by atoms with Gasteiger partial charge in [-0.05, 0) is 18.8 Å². The number of hydrogen-bond acceptors (Lipinski definition) is 3. The molecule has 1 fully saturated rings. The van der Waals surface area contributed by atoms with Gasteiger partial charge in [0.1, 0.15) is 0 Å². The number of rotatable bonds is 6. The molecule has 0 amide bonds. The Morgan fingerprint density at radius 3 is 2.88 bits per heavy atom. The highest BCUT2D eigenvalue weighted by Crippen LogP contribution is 2.23. The van der Waals surface area contributed by atoms with Crippen molar-refractivity contribution in [2.24, 2.45) is 5.92 Å². The van der Waals surface area contributed by atoms with Crippen LogP contribution in [0.1, 0.15) is 26.7 Å². The van der Waals surface area contributed by atoms with E-state index in [0.29, 0.717) is 18.5 Å². The molecule has 2 unspecified atom stereocenters. The van der Waals surface area contributed by atoms with E-state index in [0.717, 1.165) is 19.4 Å². The van der Waals surface area contributed by atoms with Gasteiger partial charge in [-0.3, -0.25) is 9.69 Å². The summed E-state index contributed by atoms with van der Waals surface area (Å²) in [5.41, 5.74) is 0. The van der Waals surface area contributed by atoms with Crippen molar-refractivity contribution in [3.63, 3.8) is 0 Å². The number of aliphatic carboxylic acids is 1. The zero-order valence-electron chi connectivity index (χ0n) is 10.8. The highest BCUT2D eigenvalue weighted by atomic mass is 16.5. The van der Waals surface area contributed by atoms with Crippen LogP contribution in [0.5, 0.6) is 0 Å². The predicted octanol–water partition coefficient (Wildman–Crippen LogP) is 1.76. The minimum absolute atomic E-state index is 0.0848. The third-order valence-corrected chi connectivity index (χ3v) is 3.25. The van der Waals surface area contributed by atoms with E-state index in [4.69, 9.17) is 9.84 Å². The van der Waals surface area contributed by atoms with Gasteiger partial charge >= 0.3 is 5.97 Å². The molecule has 1 rings (SSSR count). The topological polar surface area (TPSA) is 49.8 Å². The molecule has 1 saturated heterocycles. The summed E-state index contributed by atoms with van der Waals surface area (Å²) in [6.07, 6.45) is 3.83. The van der Waals surface area contributed by atoms with Crippen molar-refractivity contribution in [1.82, 2.24) is 4.90 Å². The molecule has 0 bridgehead atoms. The Morgan fingerprint density at radius 1 is 1.65 bits per heavy atom. The summed E-state index contributed by atoms with van der Waals surface area (Å²) in [5.74, 6) is -0.298. The smallest absolute Gasteiger partial charge is 0.317 e. The SMILES string of the molecule is C=CCN(CC(=O)O)C1CCOC(C(C)C)C1. The van der Waals surface area contributed by atoms with Crippen LogP contribution in [0.2, 0.25) is 0 Å². The van der Waals surface area contributed by atoms with Gasteiger partial charge in [0.25, 0.3) is 0 Å². The molecular formula is C13H23NO3. The molecule has 1 heterocycles. The summed E-state index contributed by atoms with van der Waals surface area (Å²) in [4.78, 5) is 12.8. The van der Waals surface area contributed by atoms with E-state index in [1.54, 1.807) is 6.08 Å². The Kier molecular flexibility index (Phi) is 5.65. The van der Waals surface area contributed by atoms with Gasteiger partial charge in [-0.25, -0.2) is 0 Å². The maximum absolute atomic E-state index is 10.8. The first-order valence-corrected chi connectivity index (χ1v) is 6.23. The molecule has 0 aromatic heterocycles. The van der Waals surface area contributed by atoms with E-state index < -0.39 is 5.97 Å². The number of ether oxygens (including phenoxy) is 1. The number of hydrogen-bond donors (Lipinski definition) is 1. The Bertz CT molecular complexity index is 265. The fraction of sp³-hybridized carbons (Fsp3) is 0.769. The van der Waals surface area contributed by atoms with Crippen molar-refractivity contribution >= 4 is 5.97 Å². The Morgan fingerprint density at radius 2 is 2.35 bits per heavy atom. The van der Waals surface area contributed by atoms with Crippen LogP contribution in [0.15, 0.2) is 12.7 Å². The molecule has 4 heteroatoms. The summed E-state index contributed by atoms with van der Waals surface area (Å²) in [7, 11) is 0. The molecule has 0 aliphatic carbocycles. The first-order valence-electron chi connectivity index (χ1n) is 6.23. The summed E-state index contributed by atoms with van der Waals surface area (Å²) >= 11 is 0. The van der Waals surface area contributed by atoms with E-state index in [9.17, 15) is 4.79 Å². The van der Waals surface area contributed by atoms with Crippen LogP contribution in [0.25, 0.3) is 0 Å². The van der Waals surface area contributed by atoms with E-state index in [-0.39, 0.29) is 12.6 Å². The number of carbonyl (C=O) groups is 1. The zero-order valence-corrected chi connectivity index (χ0v) is 10.8. The molecule has 2 atom stereocenters. The third-order valence-electron chi connectivity index (χ3n) is 3.25. The van der Waals surface area contributed by atoms with Crippen molar-refractivity contribution in [2.45, 2.75) is 38.8 Å². The maximum atomic E-state index is 10.8. The first-order chi connectivity index (χ1) is 8.04. The molecule has 0 aromatic rings. The van der Waals surface area contributed by atoms with Crippen LogP contribution >= 0.6 is 0 Å². The summed E-state index contributed by atoms with van der Waals surface area (Å²) in [6.45, 7) is 9.41. The van der Waals surface area contributed by atoms with Gasteiger partial charge in [0.2, 0.25) is 0 Å². The zero-order chi connectivity index (χ0) is 12.8. The van der Waals surface area contributed by atoms with Crippen LogP contribution in [0.4, 0.5) is 0 Å². The van der Waals surface area contributed by atoms with Crippen LogP contribution in [0, 0.1) is 5.92 Å². The van der Waals surface area contributed by atoms with Gasteiger partial charge < -0.3 is 9.84 Å². The van der Waals surface area contributed by atoms with Crippen molar-refractivity contribution in [1.29, 1.82) is 0 Å². The molecule has 1 N–H and O–H groups in total. The minimum Gasteiger partial charge on any atom is -0.480 e. The highest BCUT2D eigenvalue weighted by molar-refractivity contribution is 5.69. The molecule has 0 radical (unpaired) electrons. The Labute approximate surface area is 103 Å². The summed E-state index contributed by atoms with van der Waals surface area (Å²) in [5, 5.41) is 8.91. The molecule has 1 aliphatic heterocycles. The Hall–Kier alpha value is -0.870. The fourth-order valence-electron chi connectivity index (χ4n) is 2.29. The van der Waals surface area contributed by atoms with Crippen molar-refractivity contribution in [2.75, 3.05) is 19.7 Å². The highest BCUT2D eigenvalue weighted by Gasteiger charge is 2.29. The molecule has 98 valence electrons. The van der Waals surface area contributed by atoms with Crippen molar-refractivity contribution in [3.8, 4) is 0 Å². The maximum Gasteiger partial charge on any atom is 0.317 e. The van der Waals surface area contributed by atoms with E-state index >= 15 is 0 Å². The van der Waals surface area contributed by atoms with Gasteiger partial charge in [-0.15, -0.1) is 6.58 Å². The standard InChI is InChI=1S/C13H23NO3/c1-4-6-14(9-13(15)16)11-5-7-17-12(8-11)10(2)3/h4,10-12H,1,5-9H2,2-3H3,(H,15,16). The molecule has 4 nitrogen and oxygen atoms in total. The third kappa shape index (κ3) is 4.48. The van der Waals surface area contributed by atoms with Gasteiger partial charge in [0, 0.05) is 19.2 Å². The van der Waals surface area contributed by atoms with E-state index in [2.05, 4.69) is 20.4 Å². The van der Waals surface area contributed by atoms with Crippen molar-refractivity contribution in [3.05, 3.63) is 12.7 Å². The monoisotopic (exact) mass is 241 g/mol. The van der Waals surface area contributed by atoms with Gasteiger partial charge in [0.15, 0.2) is 0 Å². The first kappa shape index (κ1) is 14.2. The molecule has 0 saturated carbocycles. The average Bonchev–Trinajstić information content (AvgIpc) is 2.28. The number of carboxylic acids is 1. The van der Waals surface area contributed by atoms with E-state index in [1.807, 2.05) is 4.90 Å². The average molecular weight is 241 g/mol. The van der Waals surface area contributed by atoms with Gasteiger partial charge in [0.05, 0.1) is 12.6 Å². The van der Waals surface area contributed by atoms with Crippen LogP contribution in [-0.4, -0.2) is 47.8 Å². The second-order valence-electron chi connectivity index (χ2n) is 4.94. The van der Waals surface area contributed by atoms with Gasteiger partial charge in [-0.1, -0.05) is 19.9 Å². The number of carboxylic acid groups (broad SMARTS) is 1. The van der Waals surface area contributed by atoms with E-state index in [1.165, 1.54) is 0 Å². The molecule has 1 aliphatic rings. The minimum atomic E-state index is -0.778. The lowest BCUT2D eigenvalue weighted by atomic mass is 9.94. The lowest BCUT2D eigenvalue weighted by Crippen LogP contribution is -2.45. The van der Waals surface area contributed by atoms with Gasteiger partial charge in [-0.2, -0.15) is 0 Å². The normalized spacial score (nSPS) is 25.2. The molecular weight excluding hydrogens is 218 g/mol. The molecule has 17 heavy (non-hydrogen) atoms.